The smallest absolute Gasteiger partial charge is 0.251 e. The van der Waals surface area contributed by atoms with Crippen molar-refractivity contribution in [1.29, 1.82) is 0 Å². The highest BCUT2D eigenvalue weighted by Gasteiger charge is 2.50. The lowest BCUT2D eigenvalue weighted by atomic mass is 9.64. The molecule has 1 aliphatic heterocycles. The van der Waals surface area contributed by atoms with Crippen molar-refractivity contribution in [2.75, 3.05) is 40.9 Å². The zero-order valence-electron chi connectivity index (χ0n) is 35.4. The first kappa shape index (κ1) is 44.6. The van der Waals surface area contributed by atoms with Gasteiger partial charge in [-0.1, -0.05) is 76.2 Å². The van der Waals surface area contributed by atoms with Crippen LogP contribution in [0.1, 0.15) is 68.9 Å². The Morgan fingerprint density at radius 3 is 2.45 bits per heavy atom. The SMILES string of the molecule is COc1c(CN2O[C@@H](CO)[C@@H]([C@H](C)O)[C@H]2C(=O)N[C@H]2C[C@@H](C)C(C)(C)C[C@@H]2C)cccc1-c1cc(N=C(N)N)cc(C(=O)NC[C@@H](Cc2ccccc2)CN(C)C)c1. The number of hydroxylamine groups is 2. The molecule has 3 aromatic rings. The number of nitrogens with zero attached hydrogens (tertiary/aromatic N) is 3. The number of aliphatic hydroxyl groups excluding tert-OH is 2. The predicted octanol–water partition coefficient (Wildman–Crippen LogP) is 4.47. The van der Waals surface area contributed by atoms with Crippen molar-refractivity contribution in [3.8, 4) is 16.9 Å². The number of nitrogens with one attached hydrogen (secondary N) is 2. The molecule has 2 amide bonds. The molecule has 1 saturated heterocycles. The molecule has 2 fully saturated rings. The minimum Gasteiger partial charge on any atom is -0.496 e. The lowest BCUT2D eigenvalue weighted by Crippen LogP contribution is -2.55. The third kappa shape index (κ3) is 10.9. The molecule has 1 heterocycles. The van der Waals surface area contributed by atoms with Crippen molar-refractivity contribution >= 4 is 23.5 Å². The van der Waals surface area contributed by atoms with Gasteiger partial charge < -0.3 is 42.0 Å². The van der Waals surface area contributed by atoms with Crippen LogP contribution in [0.2, 0.25) is 0 Å². The van der Waals surface area contributed by atoms with Gasteiger partial charge in [-0.3, -0.25) is 14.4 Å². The molecule has 316 valence electrons. The minimum atomic E-state index is -0.938. The molecule has 13 heteroatoms. The fourth-order valence-electron chi connectivity index (χ4n) is 8.91. The fraction of sp³-hybridized carbons (Fsp3) is 0.533. The second-order valence-electron chi connectivity index (χ2n) is 17.4. The van der Waals surface area contributed by atoms with E-state index in [1.165, 1.54) is 5.56 Å². The molecule has 0 radical (unpaired) electrons. The van der Waals surface area contributed by atoms with E-state index in [-0.39, 0.29) is 54.2 Å². The summed E-state index contributed by atoms with van der Waals surface area (Å²) in [6.45, 7) is 11.6. The van der Waals surface area contributed by atoms with Gasteiger partial charge in [0.05, 0.1) is 32.1 Å². The first-order valence-corrected chi connectivity index (χ1v) is 20.4. The van der Waals surface area contributed by atoms with Crippen LogP contribution in [0.5, 0.6) is 5.75 Å². The molecule has 8 N–H and O–H groups in total. The van der Waals surface area contributed by atoms with E-state index in [2.05, 4.69) is 60.4 Å². The molecule has 0 bridgehead atoms. The van der Waals surface area contributed by atoms with Gasteiger partial charge in [-0.25, -0.2) is 4.99 Å². The number of hydrogen-bond donors (Lipinski definition) is 6. The molecule has 13 nitrogen and oxygen atoms in total. The third-order valence-electron chi connectivity index (χ3n) is 12.1. The average Bonchev–Trinajstić information content (AvgIpc) is 3.54. The van der Waals surface area contributed by atoms with E-state index < -0.39 is 24.2 Å². The summed E-state index contributed by atoms with van der Waals surface area (Å²) < 4.78 is 6.05. The summed E-state index contributed by atoms with van der Waals surface area (Å²) in [6.07, 6.45) is 0.891. The van der Waals surface area contributed by atoms with E-state index in [1.54, 1.807) is 37.3 Å². The van der Waals surface area contributed by atoms with Crippen molar-refractivity contribution in [1.82, 2.24) is 20.6 Å². The van der Waals surface area contributed by atoms with Gasteiger partial charge in [0.15, 0.2) is 5.96 Å². The molecule has 1 saturated carbocycles. The Morgan fingerprint density at radius 2 is 1.81 bits per heavy atom. The number of amides is 2. The Hall–Kier alpha value is -4.53. The summed E-state index contributed by atoms with van der Waals surface area (Å²) >= 11 is 0. The summed E-state index contributed by atoms with van der Waals surface area (Å²) in [5.74, 6) is -0.0382. The first-order chi connectivity index (χ1) is 27.5. The lowest BCUT2D eigenvalue weighted by molar-refractivity contribution is -0.182. The molecule has 8 atom stereocenters. The molecule has 2 aliphatic rings. The standard InChI is InChI=1S/C45H65N7O6/c1-27-22-45(4,5)28(2)17-37(27)50-43(56)40-39(29(3)54)38(26-53)58-52(40)25-32-15-12-16-36(41(32)57-8)33-19-34(21-35(20-33)49-44(46)47)42(55)48-23-31(24-51(6)7)18-30-13-10-9-11-14-30/h9-16,19-21,27-29,31,37-40,53-54H,17-18,22-26H2,1-8H3,(H,48,55)(H,50,56)(H4,46,47,49)/t27-,28+,29-,31+,37-,38-,39+,40-/m0/s1. The number of ether oxygens (including phenoxy) is 1. The van der Waals surface area contributed by atoms with Gasteiger partial charge in [0.25, 0.3) is 5.91 Å². The Balaban J connectivity index is 1.44. The van der Waals surface area contributed by atoms with Crippen LogP contribution < -0.4 is 26.8 Å². The van der Waals surface area contributed by atoms with Gasteiger partial charge in [-0.15, -0.1) is 0 Å². The molecule has 0 spiro atoms. The number of carbonyl (C=O) groups is 2. The number of rotatable bonds is 16. The Morgan fingerprint density at radius 1 is 1.09 bits per heavy atom. The minimum absolute atomic E-state index is 0.0373. The molecule has 1 aliphatic carbocycles. The quantitative estimate of drug-likeness (QED) is 0.0892. The third-order valence-corrected chi connectivity index (χ3v) is 12.1. The second kappa shape index (κ2) is 19.5. The number of aliphatic hydroxyl groups is 2. The number of para-hydroxylation sites is 1. The normalized spacial score (nSPS) is 24.2. The largest absolute Gasteiger partial charge is 0.496 e. The highest BCUT2D eigenvalue weighted by atomic mass is 16.7. The fourth-order valence-corrected chi connectivity index (χ4v) is 8.91. The van der Waals surface area contributed by atoms with Crippen LogP contribution in [0, 0.1) is 29.1 Å². The maximum atomic E-state index is 14.3. The predicted molar refractivity (Wildman–Crippen MR) is 228 cm³/mol. The maximum absolute atomic E-state index is 14.3. The topological polar surface area (TPSA) is 188 Å². The van der Waals surface area contributed by atoms with Crippen LogP contribution in [0.3, 0.4) is 0 Å². The maximum Gasteiger partial charge on any atom is 0.251 e. The number of guanidine groups is 1. The van der Waals surface area contributed by atoms with Crippen molar-refractivity contribution in [2.45, 2.75) is 84.7 Å². The van der Waals surface area contributed by atoms with E-state index >= 15 is 0 Å². The summed E-state index contributed by atoms with van der Waals surface area (Å²) in [4.78, 5) is 40.8. The Kier molecular flexibility index (Phi) is 15.0. The summed E-state index contributed by atoms with van der Waals surface area (Å²) in [5.41, 5.74) is 15.7. The second-order valence-corrected chi connectivity index (χ2v) is 17.4. The van der Waals surface area contributed by atoms with Crippen molar-refractivity contribution in [2.24, 2.45) is 45.5 Å². The number of methoxy groups -OCH3 is 1. The number of carbonyl (C=O) groups excluding carboxylic acids is 2. The van der Waals surface area contributed by atoms with Crippen LogP contribution in [0.15, 0.2) is 71.7 Å². The van der Waals surface area contributed by atoms with Crippen molar-refractivity contribution < 1.29 is 29.4 Å². The van der Waals surface area contributed by atoms with E-state index in [4.69, 9.17) is 21.0 Å². The van der Waals surface area contributed by atoms with Crippen molar-refractivity contribution in [3.05, 3.63) is 83.4 Å². The van der Waals surface area contributed by atoms with E-state index in [9.17, 15) is 19.8 Å². The van der Waals surface area contributed by atoms with Crippen molar-refractivity contribution in [3.63, 3.8) is 0 Å². The van der Waals surface area contributed by atoms with E-state index in [0.29, 0.717) is 46.2 Å². The molecular formula is C45H65N7O6. The Labute approximate surface area is 344 Å². The van der Waals surface area contributed by atoms with E-state index in [1.807, 2.05) is 50.5 Å². The van der Waals surface area contributed by atoms with Crippen LogP contribution >= 0.6 is 0 Å². The van der Waals surface area contributed by atoms with Gasteiger partial charge in [-0.05, 0) is 92.8 Å². The van der Waals surface area contributed by atoms with Gasteiger partial charge in [0, 0.05) is 41.7 Å². The lowest BCUT2D eigenvalue weighted by Gasteiger charge is -2.45. The summed E-state index contributed by atoms with van der Waals surface area (Å²) in [6, 6.07) is 20.1. The highest BCUT2D eigenvalue weighted by molar-refractivity contribution is 5.97. The molecular weight excluding hydrogens is 735 g/mol. The molecule has 3 aromatic carbocycles. The zero-order chi connectivity index (χ0) is 42.3. The molecule has 5 rings (SSSR count). The molecule has 58 heavy (non-hydrogen) atoms. The summed E-state index contributed by atoms with van der Waals surface area (Å²) in [7, 11) is 5.60. The average molecular weight is 800 g/mol. The van der Waals surface area contributed by atoms with Crippen LogP contribution in [-0.4, -0.2) is 103 Å². The first-order valence-electron chi connectivity index (χ1n) is 20.4. The number of nitrogens with two attached hydrogens (primary N) is 2. The van der Waals surface area contributed by atoms with Gasteiger partial charge in [0.2, 0.25) is 5.91 Å². The monoisotopic (exact) mass is 799 g/mol. The Bertz CT molecular complexity index is 1880. The molecule has 0 aromatic heterocycles. The zero-order valence-corrected chi connectivity index (χ0v) is 35.4. The van der Waals surface area contributed by atoms with Crippen LogP contribution in [0.25, 0.3) is 11.1 Å². The number of benzene rings is 3. The highest BCUT2D eigenvalue weighted by Crippen LogP contribution is 2.44. The number of aliphatic imine (C=N–C) groups is 1. The van der Waals surface area contributed by atoms with Crippen LogP contribution in [0.4, 0.5) is 5.69 Å². The van der Waals surface area contributed by atoms with Gasteiger partial charge >= 0.3 is 0 Å². The van der Waals surface area contributed by atoms with Gasteiger partial charge in [-0.2, -0.15) is 5.06 Å². The number of hydrogen-bond acceptors (Lipinski definition) is 9. The summed E-state index contributed by atoms with van der Waals surface area (Å²) in [5, 5.41) is 29.3. The molecule has 0 unspecified atom stereocenters. The van der Waals surface area contributed by atoms with Crippen LogP contribution in [-0.2, 0) is 22.6 Å². The van der Waals surface area contributed by atoms with E-state index in [0.717, 1.165) is 25.8 Å². The van der Waals surface area contributed by atoms with Gasteiger partial charge in [0.1, 0.15) is 17.9 Å².